The van der Waals surface area contributed by atoms with Crippen molar-refractivity contribution in [2.45, 2.75) is 57.0 Å². The van der Waals surface area contributed by atoms with Crippen molar-refractivity contribution >= 4 is 18.0 Å². The highest BCUT2D eigenvalue weighted by Crippen LogP contribution is 2.44. The number of amides is 2. The quantitative estimate of drug-likeness (QED) is 0.450. The SMILES string of the molecule is CC(CCCC(=O)O)NC(=O)CC(NC(=O)OCC1c2ccccc2-c2ccccc21)C(F)F. The lowest BCUT2D eigenvalue weighted by atomic mass is 9.98. The molecule has 0 heterocycles. The average molecular weight is 475 g/mol. The van der Waals surface area contributed by atoms with Crippen LogP contribution in [0.1, 0.15) is 49.7 Å². The van der Waals surface area contributed by atoms with E-state index in [1.807, 2.05) is 48.5 Å². The lowest BCUT2D eigenvalue weighted by molar-refractivity contribution is -0.137. The van der Waals surface area contributed by atoms with Crippen molar-refractivity contribution in [2.75, 3.05) is 6.61 Å². The maximum atomic E-state index is 13.5. The summed E-state index contributed by atoms with van der Waals surface area (Å²) in [5.41, 5.74) is 4.09. The molecule has 3 rings (SSSR count). The monoisotopic (exact) mass is 474 g/mol. The zero-order valence-electron chi connectivity index (χ0n) is 18.8. The van der Waals surface area contributed by atoms with E-state index in [1.165, 1.54) is 0 Å². The topological polar surface area (TPSA) is 105 Å². The molecule has 2 amide bonds. The van der Waals surface area contributed by atoms with E-state index in [2.05, 4.69) is 10.6 Å². The third kappa shape index (κ3) is 6.52. The Bertz CT molecular complexity index is 984. The van der Waals surface area contributed by atoms with Crippen molar-refractivity contribution in [3.8, 4) is 11.1 Å². The van der Waals surface area contributed by atoms with Gasteiger partial charge in [-0.25, -0.2) is 13.6 Å². The van der Waals surface area contributed by atoms with Crippen LogP contribution in [0.25, 0.3) is 11.1 Å². The second-order valence-electron chi connectivity index (χ2n) is 8.37. The molecule has 0 aliphatic heterocycles. The molecule has 34 heavy (non-hydrogen) atoms. The van der Waals surface area contributed by atoms with E-state index in [0.29, 0.717) is 12.8 Å². The number of fused-ring (bicyclic) bond motifs is 3. The normalized spacial score (nSPS) is 14.1. The zero-order chi connectivity index (χ0) is 24.7. The summed E-state index contributed by atoms with van der Waals surface area (Å²) in [7, 11) is 0. The Balaban J connectivity index is 1.53. The summed E-state index contributed by atoms with van der Waals surface area (Å²) in [6, 6.07) is 13.4. The van der Waals surface area contributed by atoms with Crippen molar-refractivity contribution in [2.24, 2.45) is 0 Å². The number of carbonyl (C=O) groups excluding carboxylic acids is 2. The fourth-order valence-electron chi connectivity index (χ4n) is 4.16. The number of carbonyl (C=O) groups is 3. The molecule has 0 radical (unpaired) electrons. The molecule has 2 unspecified atom stereocenters. The smallest absolute Gasteiger partial charge is 0.407 e. The summed E-state index contributed by atoms with van der Waals surface area (Å²) >= 11 is 0. The van der Waals surface area contributed by atoms with Crippen LogP contribution < -0.4 is 10.6 Å². The number of carboxylic acid groups (broad SMARTS) is 1. The van der Waals surface area contributed by atoms with E-state index in [4.69, 9.17) is 9.84 Å². The van der Waals surface area contributed by atoms with Crippen molar-refractivity contribution < 1.29 is 33.0 Å². The molecule has 1 aliphatic rings. The summed E-state index contributed by atoms with van der Waals surface area (Å²) in [6.45, 7) is 1.64. The van der Waals surface area contributed by atoms with Crippen molar-refractivity contribution in [3.63, 3.8) is 0 Å². The Labute approximate surface area is 196 Å². The summed E-state index contributed by atoms with van der Waals surface area (Å²) in [5, 5.41) is 13.3. The fourth-order valence-corrected chi connectivity index (χ4v) is 4.16. The van der Waals surface area contributed by atoms with Crippen molar-refractivity contribution in [1.82, 2.24) is 10.6 Å². The first-order valence-electron chi connectivity index (χ1n) is 11.2. The number of halogens is 2. The fraction of sp³-hybridized carbons (Fsp3) is 0.400. The Morgan fingerprint density at radius 2 is 1.59 bits per heavy atom. The highest BCUT2D eigenvalue weighted by atomic mass is 19.3. The van der Waals surface area contributed by atoms with Crippen LogP contribution in [-0.2, 0) is 14.3 Å². The van der Waals surface area contributed by atoms with Gasteiger partial charge in [0.25, 0.3) is 6.43 Å². The van der Waals surface area contributed by atoms with Gasteiger partial charge in [-0.3, -0.25) is 9.59 Å². The molecule has 2 aromatic carbocycles. The number of aliphatic carboxylic acids is 1. The van der Waals surface area contributed by atoms with Gasteiger partial charge < -0.3 is 20.5 Å². The van der Waals surface area contributed by atoms with E-state index in [9.17, 15) is 23.2 Å². The predicted molar refractivity (Wildman–Crippen MR) is 122 cm³/mol. The number of ether oxygens (including phenoxy) is 1. The lowest BCUT2D eigenvalue weighted by Crippen LogP contribution is -2.45. The molecule has 182 valence electrons. The molecule has 0 fully saturated rings. The number of alkyl halides is 2. The van der Waals surface area contributed by atoms with Gasteiger partial charge in [0.05, 0.1) is 6.42 Å². The molecule has 9 heteroatoms. The molecule has 2 atom stereocenters. The maximum Gasteiger partial charge on any atom is 0.407 e. The zero-order valence-corrected chi connectivity index (χ0v) is 18.8. The Morgan fingerprint density at radius 3 is 2.15 bits per heavy atom. The van der Waals surface area contributed by atoms with Crippen LogP contribution in [0, 0.1) is 0 Å². The van der Waals surface area contributed by atoms with E-state index >= 15 is 0 Å². The highest BCUT2D eigenvalue weighted by Gasteiger charge is 2.30. The van der Waals surface area contributed by atoms with Gasteiger partial charge >= 0.3 is 12.1 Å². The number of rotatable bonds is 11. The molecular formula is C25H28F2N2O5. The first kappa shape index (κ1) is 25.1. The van der Waals surface area contributed by atoms with Gasteiger partial charge in [0, 0.05) is 18.4 Å². The predicted octanol–water partition coefficient (Wildman–Crippen LogP) is 4.31. The van der Waals surface area contributed by atoms with Gasteiger partial charge in [0.1, 0.15) is 12.6 Å². The van der Waals surface area contributed by atoms with E-state index < -0.39 is 36.9 Å². The van der Waals surface area contributed by atoms with Gasteiger partial charge in [-0.05, 0) is 42.0 Å². The summed E-state index contributed by atoms with van der Waals surface area (Å²) in [6.07, 6.45) is -3.89. The van der Waals surface area contributed by atoms with Gasteiger partial charge in [-0.2, -0.15) is 0 Å². The molecule has 0 saturated carbocycles. The molecule has 0 spiro atoms. The number of nitrogens with one attached hydrogen (secondary N) is 2. The van der Waals surface area contributed by atoms with Crippen LogP contribution in [0.2, 0.25) is 0 Å². The molecule has 1 aliphatic carbocycles. The van der Waals surface area contributed by atoms with Crippen LogP contribution in [0.15, 0.2) is 48.5 Å². The minimum Gasteiger partial charge on any atom is -0.481 e. The number of alkyl carbamates (subject to hydrolysis) is 1. The van der Waals surface area contributed by atoms with Crippen molar-refractivity contribution in [3.05, 3.63) is 59.7 Å². The van der Waals surface area contributed by atoms with Crippen molar-refractivity contribution in [1.29, 1.82) is 0 Å². The summed E-state index contributed by atoms with van der Waals surface area (Å²) in [4.78, 5) is 35.0. The molecule has 0 bridgehead atoms. The standard InChI is InChI=1S/C25H28F2N2O5/c1-15(7-6-12-23(31)32)28-22(30)13-21(24(26)27)29-25(33)34-14-20-18-10-4-2-8-16(18)17-9-3-5-11-19(17)20/h2-5,8-11,15,20-21,24H,6-7,12-14H2,1H3,(H,28,30)(H,29,33)(H,31,32). The van der Waals surface area contributed by atoms with E-state index in [-0.39, 0.29) is 25.0 Å². The minimum absolute atomic E-state index is 0.0252. The largest absolute Gasteiger partial charge is 0.481 e. The summed E-state index contributed by atoms with van der Waals surface area (Å²) in [5.74, 6) is -1.81. The minimum atomic E-state index is -2.96. The Hall–Kier alpha value is -3.49. The number of carboxylic acids is 1. The molecule has 0 aromatic heterocycles. The molecule has 7 nitrogen and oxygen atoms in total. The van der Waals surface area contributed by atoms with Gasteiger partial charge in [-0.1, -0.05) is 48.5 Å². The van der Waals surface area contributed by atoms with Crippen LogP contribution >= 0.6 is 0 Å². The van der Waals surface area contributed by atoms with Crippen LogP contribution in [-0.4, -0.2) is 48.2 Å². The van der Waals surface area contributed by atoms with Crippen LogP contribution in [0.4, 0.5) is 13.6 Å². The average Bonchev–Trinajstić information content (AvgIpc) is 3.10. The van der Waals surface area contributed by atoms with E-state index in [1.54, 1.807) is 6.92 Å². The first-order chi connectivity index (χ1) is 16.3. The van der Waals surface area contributed by atoms with Crippen LogP contribution in [0.3, 0.4) is 0 Å². The van der Waals surface area contributed by atoms with Gasteiger partial charge in [0.2, 0.25) is 5.91 Å². The van der Waals surface area contributed by atoms with E-state index in [0.717, 1.165) is 22.3 Å². The van der Waals surface area contributed by atoms with Gasteiger partial charge in [0.15, 0.2) is 0 Å². The number of benzene rings is 2. The van der Waals surface area contributed by atoms with Crippen LogP contribution in [0.5, 0.6) is 0 Å². The summed E-state index contributed by atoms with van der Waals surface area (Å²) < 4.78 is 32.2. The molecular weight excluding hydrogens is 446 g/mol. The molecule has 2 aromatic rings. The molecule has 3 N–H and O–H groups in total. The third-order valence-electron chi connectivity index (χ3n) is 5.79. The number of hydrogen-bond donors (Lipinski definition) is 3. The lowest BCUT2D eigenvalue weighted by Gasteiger charge is -2.20. The number of hydrogen-bond acceptors (Lipinski definition) is 4. The molecule has 0 saturated heterocycles. The Morgan fingerprint density at radius 1 is 1.00 bits per heavy atom. The highest BCUT2D eigenvalue weighted by molar-refractivity contribution is 5.79. The second-order valence-corrected chi connectivity index (χ2v) is 8.37. The van der Waals surface area contributed by atoms with Gasteiger partial charge in [-0.15, -0.1) is 0 Å². The second kappa shape index (κ2) is 11.6. The third-order valence-corrected chi connectivity index (χ3v) is 5.79. The first-order valence-corrected chi connectivity index (χ1v) is 11.2. The maximum absolute atomic E-state index is 13.5. The Kier molecular flexibility index (Phi) is 8.56.